The number of hydrogen-bond donors (Lipinski definition) is 1. The van der Waals surface area contributed by atoms with Gasteiger partial charge in [-0.3, -0.25) is 4.90 Å². The highest BCUT2D eigenvalue weighted by atomic mass is 19.1. The standard InChI is InChI=1S/C26H32FN3O5/c1-20-28-8-9-30(20)11-13-34-25-14-21(6-7-24(25)32-2)16-29-10-12-33-18-26(31,17-29)19-35-23-5-3-4-22(27)15-23/h3-9,14-15,31H,10-13,16-19H2,1-2H3/t26-/m1/s1. The van der Waals surface area contributed by atoms with Crippen molar-refractivity contribution in [2.24, 2.45) is 0 Å². The summed E-state index contributed by atoms with van der Waals surface area (Å²) in [6, 6.07) is 11.7. The zero-order chi connectivity index (χ0) is 24.7. The summed E-state index contributed by atoms with van der Waals surface area (Å²) in [4.78, 5) is 6.34. The second kappa shape index (κ2) is 11.5. The van der Waals surface area contributed by atoms with Crippen molar-refractivity contribution in [3.63, 3.8) is 0 Å². The fourth-order valence-corrected chi connectivity index (χ4v) is 4.08. The van der Waals surface area contributed by atoms with Crippen molar-refractivity contribution in [2.45, 2.75) is 25.6 Å². The van der Waals surface area contributed by atoms with E-state index in [1.807, 2.05) is 35.9 Å². The van der Waals surface area contributed by atoms with Crippen molar-refractivity contribution < 1.29 is 28.4 Å². The van der Waals surface area contributed by atoms with Crippen LogP contribution in [0.2, 0.25) is 0 Å². The van der Waals surface area contributed by atoms with Crippen LogP contribution in [0.1, 0.15) is 11.4 Å². The number of benzene rings is 2. The molecule has 3 aromatic rings. The Balaban J connectivity index is 1.38. The molecule has 0 bridgehead atoms. The van der Waals surface area contributed by atoms with Gasteiger partial charge in [-0.25, -0.2) is 9.37 Å². The van der Waals surface area contributed by atoms with E-state index in [1.165, 1.54) is 12.1 Å². The van der Waals surface area contributed by atoms with E-state index < -0.39 is 5.60 Å². The van der Waals surface area contributed by atoms with Crippen molar-refractivity contribution in [3.8, 4) is 17.2 Å². The van der Waals surface area contributed by atoms with Gasteiger partial charge in [-0.05, 0) is 36.8 Å². The van der Waals surface area contributed by atoms with E-state index in [0.29, 0.717) is 56.6 Å². The zero-order valence-electron chi connectivity index (χ0n) is 20.2. The van der Waals surface area contributed by atoms with Crippen LogP contribution in [0.3, 0.4) is 0 Å². The molecular formula is C26H32FN3O5. The minimum atomic E-state index is -1.22. The molecule has 188 valence electrons. The summed E-state index contributed by atoms with van der Waals surface area (Å²) in [5.74, 6) is 2.25. The molecule has 4 rings (SSSR count). The quantitative estimate of drug-likeness (QED) is 0.473. The Morgan fingerprint density at radius 3 is 2.83 bits per heavy atom. The molecule has 1 saturated heterocycles. The minimum absolute atomic E-state index is 0.00239. The number of imidazole rings is 1. The maximum Gasteiger partial charge on any atom is 0.161 e. The van der Waals surface area contributed by atoms with Crippen LogP contribution in [0.15, 0.2) is 54.9 Å². The molecule has 0 aliphatic carbocycles. The number of methoxy groups -OCH3 is 1. The van der Waals surface area contributed by atoms with E-state index in [1.54, 1.807) is 25.4 Å². The summed E-state index contributed by atoms with van der Waals surface area (Å²) in [5.41, 5.74) is -0.202. The van der Waals surface area contributed by atoms with Crippen molar-refractivity contribution in [3.05, 3.63) is 72.1 Å². The Morgan fingerprint density at radius 2 is 2.06 bits per heavy atom. The normalized spacial score (nSPS) is 18.7. The van der Waals surface area contributed by atoms with Gasteiger partial charge in [0.1, 0.15) is 36.2 Å². The lowest BCUT2D eigenvalue weighted by atomic mass is 10.1. The van der Waals surface area contributed by atoms with Gasteiger partial charge in [0.2, 0.25) is 0 Å². The zero-order valence-corrected chi connectivity index (χ0v) is 20.2. The molecule has 1 fully saturated rings. The Bertz CT molecular complexity index is 1110. The van der Waals surface area contributed by atoms with Crippen LogP contribution in [0.4, 0.5) is 4.39 Å². The first kappa shape index (κ1) is 25.0. The van der Waals surface area contributed by atoms with E-state index >= 15 is 0 Å². The smallest absolute Gasteiger partial charge is 0.161 e. The van der Waals surface area contributed by atoms with Crippen LogP contribution < -0.4 is 14.2 Å². The van der Waals surface area contributed by atoms with Gasteiger partial charge in [0, 0.05) is 38.1 Å². The minimum Gasteiger partial charge on any atom is -0.493 e. The average molecular weight is 486 g/mol. The number of aryl methyl sites for hydroxylation is 1. The molecule has 0 spiro atoms. The second-order valence-electron chi connectivity index (χ2n) is 8.74. The highest BCUT2D eigenvalue weighted by Crippen LogP contribution is 2.29. The first-order chi connectivity index (χ1) is 16.9. The lowest BCUT2D eigenvalue weighted by molar-refractivity contribution is -0.0647. The summed E-state index contributed by atoms with van der Waals surface area (Å²) in [6.45, 7) is 5.35. The third-order valence-electron chi connectivity index (χ3n) is 5.89. The third-order valence-corrected chi connectivity index (χ3v) is 5.89. The molecule has 1 aliphatic heterocycles. The molecule has 0 radical (unpaired) electrons. The summed E-state index contributed by atoms with van der Waals surface area (Å²) >= 11 is 0. The molecule has 1 atom stereocenters. The van der Waals surface area contributed by atoms with E-state index in [4.69, 9.17) is 18.9 Å². The number of halogens is 1. The molecule has 0 amide bonds. The fraction of sp³-hybridized carbons (Fsp3) is 0.423. The van der Waals surface area contributed by atoms with Gasteiger partial charge in [-0.2, -0.15) is 0 Å². The molecule has 9 heteroatoms. The predicted octanol–water partition coefficient (Wildman–Crippen LogP) is 3.06. The number of nitrogens with zero attached hydrogens (tertiary/aromatic N) is 3. The Labute approximate surface area is 204 Å². The molecule has 35 heavy (non-hydrogen) atoms. The Morgan fingerprint density at radius 1 is 1.17 bits per heavy atom. The molecule has 0 unspecified atom stereocenters. The van der Waals surface area contributed by atoms with Gasteiger partial charge >= 0.3 is 0 Å². The van der Waals surface area contributed by atoms with Crippen LogP contribution in [0.5, 0.6) is 17.2 Å². The largest absolute Gasteiger partial charge is 0.493 e. The molecule has 2 aromatic carbocycles. The highest BCUT2D eigenvalue weighted by molar-refractivity contribution is 5.43. The topological polar surface area (TPSA) is 78.2 Å². The van der Waals surface area contributed by atoms with Crippen molar-refractivity contribution in [2.75, 3.05) is 46.6 Å². The maximum absolute atomic E-state index is 13.5. The third kappa shape index (κ3) is 6.94. The highest BCUT2D eigenvalue weighted by Gasteiger charge is 2.33. The Hall–Kier alpha value is -3.14. The molecule has 2 heterocycles. The van der Waals surface area contributed by atoms with Gasteiger partial charge in [0.05, 0.1) is 26.9 Å². The number of aliphatic hydroxyl groups is 1. The van der Waals surface area contributed by atoms with Crippen molar-refractivity contribution >= 4 is 0 Å². The molecule has 1 aromatic heterocycles. The molecule has 1 N–H and O–H groups in total. The summed E-state index contributed by atoms with van der Waals surface area (Å²) in [5, 5.41) is 11.2. The van der Waals surface area contributed by atoms with Crippen LogP contribution in [0, 0.1) is 12.7 Å². The number of ether oxygens (including phenoxy) is 4. The average Bonchev–Trinajstić information content (AvgIpc) is 3.15. The van der Waals surface area contributed by atoms with Gasteiger partial charge in [0.25, 0.3) is 0 Å². The van der Waals surface area contributed by atoms with Crippen molar-refractivity contribution in [1.29, 1.82) is 0 Å². The van der Waals surface area contributed by atoms with Crippen LogP contribution in [0.25, 0.3) is 0 Å². The monoisotopic (exact) mass is 485 g/mol. The number of aromatic nitrogens is 2. The van der Waals surface area contributed by atoms with Gasteiger partial charge in [0.15, 0.2) is 11.5 Å². The van der Waals surface area contributed by atoms with E-state index in [0.717, 1.165) is 11.4 Å². The van der Waals surface area contributed by atoms with E-state index in [-0.39, 0.29) is 19.0 Å². The molecular weight excluding hydrogens is 453 g/mol. The fourth-order valence-electron chi connectivity index (χ4n) is 4.08. The van der Waals surface area contributed by atoms with Gasteiger partial charge in [-0.1, -0.05) is 12.1 Å². The Kier molecular flexibility index (Phi) is 8.22. The summed E-state index contributed by atoms with van der Waals surface area (Å²) in [7, 11) is 1.62. The number of β-amino-alcohol motifs (C(OH)–C–C–N with tert-alkyl or cyclic N) is 1. The lowest BCUT2D eigenvalue weighted by Gasteiger charge is -2.30. The molecule has 0 saturated carbocycles. The predicted molar refractivity (Wildman–Crippen MR) is 128 cm³/mol. The second-order valence-corrected chi connectivity index (χ2v) is 8.74. The summed E-state index contributed by atoms with van der Waals surface area (Å²) < 4.78 is 38.3. The SMILES string of the molecule is COc1ccc(CN2CCOC[C@@](O)(COc3cccc(F)c3)C2)cc1OCCn1ccnc1C. The molecule has 1 aliphatic rings. The number of hydrogen-bond acceptors (Lipinski definition) is 7. The van der Waals surface area contributed by atoms with Crippen LogP contribution in [-0.4, -0.2) is 71.8 Å². The van der Waals surface area contributed by atoms with Gasteiger partial charge in [-0.15, -0.1) is 0 Å². The van der Waals surface area contributed by atoms with Crippen LogP contribution in [-0.2, 0) is 17.8 Å². The van der Waals surface area contributed by atoms with E-state index in [2.05, 4.69) is 9.88 Å². The first-order valence-electron chi connectivity index (χ1n) is 11.6. The number of rotatable bonds is 10. The summed E-state index contributed by atoms with van der Waals surface area (Å²) in [6.07, 6.45) is 3.69. The van der Waals surface area contributed by atoms with E-state index in [9.17, 15) is 9.50 Å². The van der Waals surface area contributed by atoms with Crippen LogP contribution >= 0.6 is 0 Å². The van der Waals surface area contributed by atoms with Crippen molar-refractivity contribution in [1.82, 2.24) is 14.5 Å². The molecule has 8 nitrogen and oxygen atoms in total. The lowest BCUT2D eigenvalue weighted by Crippen LogP contribution is -2.48. The van der Waals surface area contributed by atoms with Gasteiger partial charge < -0.3 is 28.6 Å². The first-order valence-corrected chi connectivity index (χ1v) is 11.6. The maximum atomic E-state index is 13.5.